The molecule has 2 atom stereocenters. The van der Waals surface area contributed by atoms with E-state index in [2.05, 4.69) is 24.6 Å². The summed E-state index contributed by atoms with van der Waals surface area (Å²) in [4.78, 5) is 2.48. The van der Waals surface area contributed by atoms with Crippen LogP contribution in [-0.2, 0) is 0 Å². The molecule has 1 saturated carbocycles. The second-order valence-corrected chi connectivity index (χ2v) is 4.65. The van der Waals surface area contributed by atoms with Gasteiger partial charge in [0.2, 0.25) is 0 Å². The number of hydrogen-bond donors (Lipinski definition) is 1. The summed E-state index contributed by atoms with van der Waals surface area (Å²) in [6, 6.07) is 0. The molecule has 64 valence electrons. The standard InChI is InChI=1S/C9H17NS/c1-10-4-2-3-9(7-10)5-8(9)6-11/h8,11H,2-7H2,1H3. The fourth-order valence-corrected chi connectivity index (χ4v) is 3.10. The van der Waals surface area contributed by atoms with Crippen molar-refractivity contribution in [2.75, 3.05) is 25.9 Å². The fraction of sp³-hybridized carbons (Fsp3) is 1.00. The van der Waals surface area contributed by atoms with E-state index in [1.165, 1.54) is 32.4 Å². The van der Waals surface area contributed by atoms with Gasteiger partial charge < -0.3 is 4.90 Å². The van der Waals surface area contributed by atoms with Crippen LogP contribution in [0.5, 0.6) is 0 Å². The van der Waals surface area contributed by atoms with Crippen molar-refractivity contribution in [3.8, 4) is 0 Å². The minimum Gasteiger partial charge on any atom is -0.306 e. The summed E-state index contributed by atoms with van der Waals surface area (Å²) in [5, 5.41) is 0. The van der Waals surface area contributed by atoms with Crippen molar-refractivity contribution in [3.63, 3.8) is 0 Å². The van der Waals surface area contributed by atoms with Gasteiger partial charge in [0.05, 0.1) is 0 Å². The zero-order valence-corrected chi connectivity index (χ0v) is 8.11. The summed E-state index contributed by atoms with van der Waals surface area (Å²) in [6.45, 7) is 2.64. The van der Waals surface area contributed by atoms with Crippen LogP contribution in [0.25, 0.3) is 0 Å². The second-order valence-electron chi connectivity index (χ2n) is 4.29. The summed E-state index contributed by atoms with van der Waals surface area (Å²) in [6.07, 6.45) is 4.31. The molecule has 1 heterocycles. The lowest BCUT2D eigenvalue weighted by molar-refractivity contribution is 0.184. The molecule has 2 fully saturated rings. The van der Waals surface area contributed by atoms with E-state index in [-0.39, 0.29) is 0 Å². The molecule has 1 spiro atoms. The van der Waals surface area contributed by atoms with Crippen molar-refractivity contribution in [1.82, 2.24) is 4.90 Å². The number of thiol groups is 1. The van der Waals surface area contributed by atoms with Crippen LogP contribution in [0, 0.1) is 11.3 Å². The minimum atomic E-state index is 0.717. The third-order valence-corrected chi connectivity index (χ3v) is 3.82. The molecule has 1 aliphatic carbocycles. The zero-order chi connectivity index (χ0) is 7.90. The highest BCUT2D eigenvalue weighted by atomic mass is 32.1. The average molecular weight is 171 g/mol. The summed E-state index contributed by atoms with van der Waals surface area (Å²) >= 11 is 4.37. The molecular formula is C9H17NS. The summed E-state index contributed by atoms with van der Waals surface area (Å²) < 4.78 is 0. The molecule has 0 amide bonds. The molecule has 0 bridgehead atoms. The van der Waals surface area contributed by atoms with Gasteiger partial charge in [-0.15, -0.1) is 0 Å². The highest BCUT2D eigenvalue weighted by Gasteiger charge is 2.53. The molecule has 2 rings (SSSR count). The van der Waals surface area contributed by atoms with Gasteiger partial charge in [-0.25, -0.2) is 0 Å². The molecule has 0 aromatic heterocycles. The van der Waals surface area contributed by atoms with Crippen LogP contribution in [0.2, 0.25) is 0 Å². The Labute approximate surface area is 74.6 Å². The van der Waals surface area contributed by atoms with Crippen LogP contribution in [0.1, 0.15) is 19.3 Å². The Kier molecular flexibility index (Phi) is 1.92. The topological polar surface area (TPSA) is 3.24 Å². The Morgan fingerprint density at radius 1 is 1.64 bits per heavy atom. The van der Waals surface area contributed by atoms with E-state index >= 15 is 0 Å². The Bertz CT molecular complexity index is 160. The van der Waals surface area contributed by atoms with Crippen molar-refractivity contribution < 1.29 is 0 Å². The van der Waals surface area contributed by atoms with Crippen LogP contribution in [0.4, 0.5) is 0 Å². The van der Waals surface area contributed by atoms with Crippen molar-refractivity contribution in [2.45, 2.75) is 19.3 Å². The Morgan fingerprint density at radius 2 is 2.45 bits per heavy atom. The van der Waals surface area contributed by atoms with E-state index in [0.717, 1.165) is 17.1 Å². The first-order valence-electron chi connectivity index (χ1n) is 4.56. The second kappa shape index (κ2) is 2.67. The molecular weight excluding hydrogens is 154 g/mol. The third-order valence-electron chi connectivity index (χ3n) is 3.38. The normalized spacial score (nSPS) is 44.7. The first kappa shape index (κ1) is 7.93. The molecule has 1 saturated heterocycles. The van der Waals surface area contributed by atoms with Gasteiger partial charge in [-0.05, 0) is 49.9 Å². The Morgan fingerprint density at radius 3 is 3.00 bits per heavy atom. The van der Waals surface area contributed by atoms with Crippen molar-refractivity contribution >= 4 is 12.6 Å². The number of rotatable bonds is 1. The zero-order valence-electron chi connectivity index (χ0n) is 7.21. The molecule has 0 radical (unpaired) electrons. The highest BCUT2D eigenvalue weighted by Crippen LogP contribution is 2.57. The lowest BCUT2D eigenvalue weighted by Crippen LogP contribution is -2.34. The summed E-state index contributed by atoms with van der Waals surface area (Å²) in [7, 11) is 2.24. The first-order valence-corrected chi connectivity index (χ1v) is 5.19. The van der Waals surface area contributed by atoms with Crippen LogP contribution < -0.4 is 0 Å². The van der Waals surface area contributed by atoms with Gasteiger partial charge in [0.1, 0.15) is 0 Å². The maximum atomic E-state index is 4.37. The molecule has 2 heteroatoms. The predicted octanol–water partition coefficient (Wildman–Crippen LogP) is 1.65. The molecule has 0 N–H and O–H groups in total. The maximum absolute atomic E-state index is 4.37. The summed E-state index contributed by atoms with van der Waals surface area (Å²) in [5.74, 6) is 2.04. The van der Waals surface area contributed by atoms with Crippen LogP contribution >= 0.6 is 12.6 Å². The Hall–Kier alpha value is 0.310. The number of nitrogens with zero attached hydrogens (tertiary/aromatic N) is 1. The first-order chi connectivity index (χ1) is 5.27. The van der Waals surface area contributed by atoms with E-state index in [1.807, 2.05) is 0 Å². The number of piperidine rings is 1. The van der Waals surface area contributed by atoms with E-state index in [1.54, 1.807) is 0 Å². The third kappa shape index (κ3) is 1.31. The van der Waals surface area contributed by atoms with Gasteiger partial charge in [-0.3, -0.25) is 0 Å². The van der Waals surface area contributed by atoms with Crippen LogP contribution in [-0.4, -0.2) is 30.8 Å². The Balaban J connectivity index is 1.95. The largest absolute Gasteiger partial charge is 0.306 e. The highest BCUT2D eigenvalue weighted by molar-refractivity contribution is 7.80. The maximum Gasteiger partial charge on any atom is 0.00380 e. The number of hydrogen-bond acceptors (Lipinski definition) is 2. The quantitative estimate of drug-likeness (QED) is 0.587. The van der Waals surface area contributed by atoms with Crippen molar-refractivity contribution in [1.29, 1.82) is 0 Å². The number of likely N-dealkylation sites (tertiary alicyclic amines) is 1. The molecule has 1 aliphatic heterocycles. The van der Waals surface area contributed by atoms with Gasteiger partial charge in [-0.2, -0.15) is 12.6 Å². The molecule has 0 aromatic carbocycles. The van der Waals surface area contributed by atoms with E-state index < -0.39 is 0 Å². The minimum absolute atomic E-state index is 0.717. The fourth-order valence-electron chi connectivity index (χ4n) is 2.59. The molecule has 0 aromatic rings. The van der Waals surface area contributed by atoms with Crippen LogP contribution in [0.15, 0.2) is 0 Å². The van der Waals surface area contributed by atoms with Crippen molar-refractivity contribution in [2.24, 2.45) is 11.3 Å². The molecule has 1 nitrogen and oxygen atoms in total. The van der Waals surface area contributed by atoms with Crippen molar-refractivity contribution in [3.05, 3.63) is 0 Å². The van der Waals surface area contributed by atoms with Gasteiger partial charge in [0.25, 0.3) is 0 Å². The smallest absolute Gasteiger partial charge is 0.00380 e. The van der Waals surface area contributed by atoms with Gasteiger partial charge in [0.15, 0.2) is 0 Å². The lowest BCUT2D eigenvalue weighted by atomic mass is 9.93. The summed E-state index contributed by atoms with van der Waals surface area (Å²) in [5.41, 5.74) is 0.717. The lowest BCUT2D eigenvalue weighted by Gasteiger charge is -2.30. The SMILES string of the molecule is CN1CCCC2(CC2CS)C1. The monoisotopic (exact) mass is 171 g/mol. The van der Waals surface area contributed by atoms with E-state index in [9.17, 15) is 0 Å². The van der Waals surface area contributed by atoms with Gasteiger partial charge in [-0.1, -0.05) is 0 Å². The predicted molar refractivity (Wildman–Crippen MR) is 51.1 cm³/mol. The van der Waals surface area contributed by atoms with E-state index in [4.69, 9.17) is 0 Å². The van der Waals surface area contributed by atoms with Gasteiger partial charge in [0, 0.05) is 6.54 Å². The molecule has 2 unspecified atom stereocenters. The van der Waals surface area contributed by atoms with Crippen LogP contribution in [0.3, 0.4) is 0 Å². The van der Waals surface area contributed by atoms with Gasteiger partial charge >= 0.3 is 0 Å². The average Bonchev–Trinajstić information content (AvgIpc) is 2.63. The molecule has 11 heavy (non-hydrogen) atoms. The molecule has 2 aliphatic rings. The van der Waals surface area contributed by atoms with E-state index in [0.29, 0.717) is 0 Å².